The smallest absolute Gasteiger partial charge is 0.334 e. The van der Waals surface area contributed by atoms with Crippen LogP contribution in [0.25, 0.3) is 0 Å². The summed E-state index contributed by atoms with van der Waals surface area (Å²) < 4.78 is 27.8. The summed E-state index contributed by atoms with van der Waals surface area (Å²) in [5, 5.41) is 40.4. The van der Waals surface area contributed by atoms with Crippen LogP contribution in [0.4, 0.5) is 0 Å². The van der Waals surface area contributed by atoms with Crippen LogP contribution in [0.2, 0.25) is 0 Å². The third kappa shape index (κ3) is 4.42. The Hall–Kier alpha value is -1.86. The Labute approximate surface area is 221 Å². The number of methoxy groups -OCH3 is 1. The molecule has 11 nitrogen and oxygen atoms in total. The molecule has 2 unspecified atom stereocenters. The molecule has 2 aliphatic carbocycles. The van der Waals surface area contributed by atoms with Crippen molar-refractivity contribution in [2.75, 3.05) is 20.3 Å². The summed E-state index contributed by atoms with van der Waals surface area (Å²) in [6.07, 6.45) is -1.57. The van der Waals surface area contributed by atoms with E-state index < -0.39 is 61.1 Å². The van der Waals surface area contributed by atoms with Gasteiger partial charge in [-0.25, -0.2) is 9.59 Å². The van der Waals surface area contributed by atoms with Crippen LogP contribution in [0.1, 0.15) is 46.0 Å². The van der Waals surface area contributed by atoms with Crippen molar-refractivity contribution in [2.24, 2.45) is 22.7 Å². The first kappa shape index (κ1) is 27.7. The monoisotopic (exact) mass is 538 g/mol. The van der Waals surface area contributed by atoms with Gasteiger partial charge in [-0.1, -0.05) is 13.8 Å². The Balaban J connectivity index is 1.42. The second kappa shape index (κ2) is 10.3. The first-order chi connectivity index (χ1) is 18.0. The quantitative estimate of drug-likeness (QED) is 0.331. The van der Waals surface area contributed by atoms with E-state index in [1.54, 1.807) is 6.08 Å². The second-order valence-corrected chi connectivity index (χ2v) is 11.6. The van der Waals surface area contributed by atoms with Gasteiger partial charge in [-0.3, -0.25) is 0 Å². The average Bonchev–Trinajstić information content (AvgIpc) is 3.44. The number of carbonyl (C=O) groups excluding carboxylic acids is 2. The lowest BCUT2D eigenvalue weighted by atomic mass is 9.46. The molecule has 3 aliphatic heterocycles. The van der Waals surface area contributed by atoms with Crippen LogP contribution in [0, 0.1) is 22.7 Å². The molecule has 212 valence electrons. The molecule has 0 aromatic heterocycles. The van der Waals surface area contributed by atoms with Crippen molar-refractivity contribution in [1.82, 2.24) is 0 Å². The van der Waals surface area contributed by atoms with E-state index in [0.29, 0.717) is 30.9 Å². The Morgan fingerprint density at radius 2 is 1.92 bits per heavy atom. The molecule has 1 saturated carbocycles. The molecule has 2 saturated heterocycles. The van der Waals surface area contributed by atoms with E-state index in [9.17, 15) is 30.0 Å². The average molecular weight is 539 g/mol. The number of cyclic esters (lactones) is 2. The maximum absolute atomic E-state index is 12.9. The fourth-order valence-electron chi connectivity index (χ4n) is 7.32. The Bertz CT molecular complexity index is 1010. The molecule has 0 aromatic carbocycles. The summed E-state index contributed by atoms with van der Waals surface area (Å²) in [4.78, 5) is 24.8. The highest BCUT2D eigenvalue weighted by Gasteiger charge is 2.62. The van der Waals surface area contributed by atoms with Crippen LogP contribution in [0.15, 0.2) is 23.3 Å². The number of ether oxygens (including phenoxy) is 5. The van der Waals surface area contributed by atoms with E-state index in [1.165, 1.54) is 13.2 Å². The number of hydrogen-bond acceptors (Lipinski definition) is 11. The molecule has 4 N–H and O–H groups in total. The topological polar surface area (TPSA) is 161 Å². The molecule has 3 fully saturated rings. The van der Waals surface area contributed by atoms with E-state index in [2.05, 4.69) is 13.8 Å². The maximum atomic E-state index is 12.9. The molecule has 0 aromatic rings. The number of hydrogen-bond donors (Lipinski definition) is 4. The number of aliphatic hydroxyl groups is 4. The minimum absolute atomic E-state index is 0.0281. The van der Waals surface area contributed by atoms with Gasteiger partial charge in [-0.2, -0.15) is 0 Å². The van der Waals surface area contributed by atoms with E-state index in [0.717, 1.165) is 24.8 Å². The normalized spacial score (nSPS) is 46.6. The first-order valence-corrected chi connectivity index (χ1v) is 13.3. The van der Waals surface area contributed by atoms with Gasteiger partial charge in [0, 0.05) is 29.7 Å². The van der Waals surface area contributed by atoms with Gasteiger partial charge >= 0.3 is 11.9 Å². The number of esters is 2. The molecule has 11 heteroatoms. The Morgan fingerprint density at radius 3 is 2.63 bits per heavy atom. The second-order valence-electron chi connectivity index (χ2n) is 11.6. The lowest BCUT2D eigenvalue weighted by molar-refractivity contribution is -0.310. The van der Waals surface area contributed by atoms with Gasteiger partial charge in [-0.05, 0) is 55.4 Å². The molecule has 38 heavy (non-hydrogen) atoms. The number of carbonyl (C=O) groups is 2. The molecule has 0 bridgehead atoms. The van der Waals surface area contributed by atoms with Gasteiger partial charge in [0.25, 0.3) is 0 Å². The molecular formula is C27H38O11. The van der Waals surface area contributed by atoms with E-state index in [4.69, 9.17) is 23.7 Å². The minimum atomic E-state index is -1.56. The summed E-state index contributed by atoms with van der Waals surface area (Å²) in [7, 11) is 1.50. The van der Waals surface area contributed by atoms with Crippen molar-refractivity contribution in [3.05, 3.63) is 23.3 Å². The Kier molecular flexibility index (Phi) is 7.49. The fourth-order valence-corrected chi connectivity index (χ4v) is 7.32. The van der Waals surface area contributed by atoms with Crippen LogP contribution in [-0.2, 0) is 33.3 Å². The molecule has 5 rings (SSSR count). The molecule has 1 spiro atoms. The fraction of sp³-hybridized carbons (Fsp3) is 0.778. The molecule has 0 amide bonds. The lowest BCUT2D eigenvalue weighted by Gasteiger charge is -2.57. The van der Waals surface area contributed by atoms with Crippen molar-refractivity contribution in [2.45, 2.75) is 89.1 Å². The van der Waals surface area contributed by atoms with Gasteiger partial charge in [0.15, 0.2) is 6.29 Å². The van der Waals surface area contributed by atoms with Gasteiger partial charge in [0.2, 0.25) is 6.29 Å². The standard InChI is InChI=1S/C27H38O11/c1-13-4-7-27-12-35-23(33)16(27)9-15(36-25-22(32)21(31)20(30)17(11-28)37-25)10-18(27)26(13,2)6-5-14-8-19(29)38-24(14)34-3/h8-9,13,15,17-18,20-22,24-25,28,30-32H,4-7,10-12H2,1-3H3/t13-,15-,17-,18?,20-,21+,22-,24?,25-,26+,27-/m1/s1. The SMILES string of the molecule is COC1OC(=O)C=C1CC[C@]1(C)C2C[C@H](O[C@@H]3O[C@H](CO)[C@@H](O)[C@H](O)[C@H]3O)C=C3C(=O)OC[C@]32CC[C@H]1C. The third-order valence-electron chi connectivity index (χ3n) is 9.80. The molecule has 0 radical (unpaired) electrons. The zero-order chi connectivity index (χ0) is 27.4. The summed E-state index contributed by atoms with van der Waals surface area (Å²) in [6, 6.07) is 0. The zero-order valence-corrected chi connectivity index (χ0v) is 21.9. The number of rotatable bonds is 7. The molecule has 3 heterocycles. The van der Waals surface area contributed by atoms with E-state index in [1.807, 2.05) is 0 Å². The number of aliphatic hydroxyl groups excluding tert-OH is 4. The van der Waals surface area contributed by atoms with Crippen molar-refractivity contribution in [3.63, 3.8) is 0 Å². The summed E-state index contributed by atoms with van der Waals surface area (Å²) >= 11 is 0. The van der Waals surface area contributed by atoms with E-state index >= 15 is 0 Å². The molecule has 5 aliphatic rings. The molecular weight excluding hydrogens is 500 g/mol. The predicted octanol–water partition coefficient (Wildman–Crippen LogP) is 0.333. The van der Waals surface area contributed by atoms with Crippen LogP contribution in [0.5, 0.6) is 0 Å². The van der Waals surface area contributed by atoms with Gasteiger partial charge < -0.3 is 44.1 Å². The van der Waals surface area contributed by atoms with Crippen LogP contribution in [0.3, 0.4) is 0 Å². The highest BCUT2D eigenvalue weighted by Crippen LogP contribution is 2.64. The zero-order valence-electron chi connectivity index (χ0n) is 21.9. The maximum Gasteiger partial charge on any atom is 0.334 e. The first-order valence-electron chi connectivity index (χ1n) is 13.3. The summed E-state index contributed by atoms with van der Waals surface area (Å²) in [5.41, 5.74) is 0.609. The van der Waals surface area contributed by atoms with Crippen LogP contribution >= 0.6 is 0 Å². The van der Waals surface area contributed by atoms with Crippen LogP contribution < -0.4 is 0 Å². The van der Waals surface area contributed by atoms with Crippen molar-refractivity contribution < 1.29 is 53.7 Å². The van der Waals surface area contributed by atoms with Gasteiger partial charge in [0.1, 0.15) is 31.0 Å². The highest BCUT2D eigenvalue weighted by molar-refractivity contribution is 5.93. The van der Waals surface area contributed by atoms with Crippen molar-refractivity contribution in [1.29, 1.82) is 0 Å². The minimum Gasteiger partial charge on any atom is -0.461 e. The summed E-state index contributed by atoms with van der Waals surface area (Å²) in [5.74, 6) is -0.540. The van der Waals surface area contributed by atoms with Gasteiger partial charge in [0.05, 0.1) is 12.7 Å². The largest absolute Gasteiger partial charge is 0.461 e. The molecule has 11 atom stereocenters. The Morgan fingerprint density at radius 1 is 1.16 bits per heavy atom. The summed E-state index contributed by atoms with van der Waals surface area (Å²) in [6.45, 7) is 4.14. The van der Waals surface area contributed by atoms with E-state index in [-0.39, 0.29) is 17.3 Å². The van der Waals surface area contributed by atoms with Gasteiger partial charge in [-0.15, -0.1) is 0 Å². The van der Waals surface area contributed by atoms with Crippen molar-refractivity contribution >= 4 is 11.9 Å². The highest BCUT2D eigenvalue weighted by atomic mass is 16.7. The van der Waals surface area contributed by atoms with Crippen molar-refractivity contribution in [3.8, 4) is 0 Å². The third-order valence-corrected chi connectivity index (χ3v) is 9.80. The predicted molar refractivity (Wildman–Crippen MR) is 129 cm³/mol. The lowest BCUT2D eigenvalue weighted by Crippen LogP contribution is -2.60. The van der Waals surface area contributed by atoms with Crippen LogP contribution in [-0.4, -0.2) is 95.8 Å².